The van der Waals surface area contributed by atoms with Crippen LogP contribution < -0.4 is 10.9 Å². The van der Waals surface area contributed by atoms with Gasteiger partial charge in [0.1, 0.15) is 4.83 Å². The van der Waals surface area contributed by atoms with Crippen LogP contribution in [0.25, 0.3) is 10.2 Å². The lowest BCUT2D eigenvalue weighted by molar-refractivity contribution is -0.115. The maximum Gasteiger partial charge on any atom is 0.262 e. The molecule has 0 radical (unpaired) electrons. The summed E-state index contributed by atoms with van der Waals surface area (Å²) in [6.07, 6.45) is 0. The SMILES string of the molecule is Cc1cc(NC(=O)C(C)Sc2nc3sc(C)c(C)c3c(=O)n2C)on1. The first kappa shape index (κ1) is 17.7. The van der Waals surface area contributed by atoms with Gasteiger partial charge in [-0.3, -0.25) is 19.5 Å². The Kier molecular flexibility index (Phi) is 4.70. The first-order valence-corrected chi connectivity index (χ1v) is 9.35. The molecule has 0 spiro atoms. The summed E-state index contributed by atoms with van der Waals surface area (Å²) < 4.78 is 6.49. The Morgan fingerprint density at radius 2 is 2.12 bits per heavy atom. The van der Waals surface area contributed by atoms with E-state index in [2.05, 4.69) is 15.5 Å². The molecule has 1 N–H and O–H groups in total. The molecule has 0 aliphatic heterocycles. The highest BCUT2D eigenvalue weighted by molar-refractivity contribution is 8.00. The third-order valence-electron chi connectivity index (χ3n) is 3.90. The second kappa shape index (κ2) is 6.64. The third kappa shape index (κ3) is 3.34. The lowest BCUT2D eigenvalue weighted by Crippen LogP contribution is -2.25. The molecule has 0 saturated heterocycles. The largest absolute Gasteiger partial charge is 0.338 e. The van der Waals surface area contributed by atoms with Crippen molar-refractivity contribution in [2.75, 3.05) is 5.32 Å². The van der Waals surface area contributed by atoms with Crippen molar-refractivity contribution in [1.29, 1.82) is 0 Å². The Morgan fingerprint density at radius 3 is 2.76 bits per heavy atom. The summed E-state index contributed by atoms with van der Waals surface area (Å²) in [5, 5.41) is 7.11. The molecule has 132 valence electrons. The van der Waals surface area contributed by atoms with E-state index in [-0.39, 0.29) is 11.5 Å². The van der Waals surface area contributed by atoms with Crippen molar-refractivity contribution in [1.82, 2.24) is 14.7 Å². The summed E-state index contributed by atoms with van der Waals surface area (Å²) in [7, 11) is 1.67. The number of amides is 1. The fourth-order valence-electron chi connectivity index (χ4n) is 2.32. The van der Waals surface area contributed by atoms with E-state index in [1.165, 1.54) is 27.7 Å². The van der Waals surface area contributed by atoms with Crippen LogP contribution in [-0.4, -0.2) is 25.9 Å². The van der Waals surface area contributed by atoms with Crippen LogP contribution in [0.4, 0.5) is 5.88 Å². The van der Waals surface area contributed by atoms with E-state index in [9.17, 15) is 9.59 Å². The average molecular weight is 378 g/mol. The molecule has 0 aliphatic rings. The molecule has 9 heteroatoms. The lowest BCUT2D eigenvalue weighted by Gasteiger charge is -2.12. The van der Waals surface area contributed by atoms with Crippen LogP contribution in [0, 0.1) is 20.8 Å². The maximum atomic E-state index is 12.6. The van der Waals surface area contributed by atoms with Gasteiger partial charge in [0.05, 0.1) is 16.3 Å². The molecule has 1 atom stereocenters. The van der Waals surface area contributed by atoms with Crippen molar-refractivity contribution >= 4 is 45.1 Å². The second-order valence-electron chi connectivity index (χ2n) is 5.80. The molecule has 1 unspecified atom stereocenters. The lowest BCUT2D eigenvalue weighted by atomic mass is 10.2. The van der Waals surface area contributed by atoms with Crippen molar-refractivity contribution in [3.05, 3.63) is 32.6 Å². The Hall–Kier alpha value is -2.13. The monoisotopic (exact) mass is 378 g/mol. The summed E-state index contributed by atoms with van der Waals surface area (Å²) in [6, 6.07) is 1.65. The first-order valence-electron chi connectivity index (χ1n) is 7.65. The zero-order chi connectivity index (χ0) is 18.3. The normalized spacial score (nSPS) is 12.5. The van der Waals surface area contributed by atoms with Crippen molar-refractivity contribution in [2.45, 2.75) is 38.1 Å². The number of thioether (sulfide) groups is 1. The van der Waals surface area contributed by atoms with Crippen molar-refractivity contribution < 1.29 is 9.32 Å². The molecule has 0 aliphatic carbocycles. The molecular formula is C16H18N4O3S2. The highest BCUT2D eigenvalue weighted by Crippen LogP contribution is 2.29. The summed E-state index contributed by atoms with van der Waals surface area (Å²) in [4.78, 5) is 31.3. The number of fused-ring (bicyclic) bond motifs is 1. The molecular weight excluding hydrogens is 360 g/mol. The second-order valence-corrected chi connectivity index (χ2v) is 8.31. The van der Waals surface area contributed by atoms with Gasteiger partial charge in [0.25, 0.3) is 5.56 Å². The number of nitrogens with one attached hydrogen (secondary N) is 1. The number of carbonyl (C=O) groups excluding carboxylic acids is 1. The van der Waals surface area contributed by atoms with Crippen LogP contribution in [0.15, 0.2) is 20.5 Å². The molecule has 0 aromatic carbocycles. The first-order chi connectivity index (χ1) is 11.8. The summed E-state index contributed by atoms with van der Waals surface area (Å²) in [5.41, 5.74) is 1.57. The van der Waals surface area contributed by atoms with Gasteiger partial charge in [-0.25, -0.2) is 4.98 Å². The molecule has 0 fully saturated rings. The van der Waals surface area contributed by atoms with Crippen molar-refractivity contribution in [3.8, 4) is 0 Å². The number of anilines is 1. The van der Waals surface area contributed by atoms with Gasteiger partial charge in [-0.2, -0.15) is 0 Å². The van der Waals surface area contributed by atoms with Crippen LogP contribution in [0.1, 0.15) is 23.1 Å². The quantitative estimate of drug-likeness (QED) is 0.554. The molecule has 3 rings (SSSR count). The van der Waals surface area contributed by atoms with E-state index in [0.29, 0.717) is 27.0 Å². The Morgan fingerprint density at radius 1 is 1.40 bits per heavy atom. The predicted octanol–water partition coefficient (Wildman–Crippen LogP) is 3.03. The van der Waals surface area contributed by atoms with Crippen LogP contribution in [0.3, 0.4) is 0 Å². The minimum absolute atomic E-state index is 0.0900. The number of aromatic nitrogens is 3. The number of rotatable bonds is 4. The van der Waals surface area contributed by atoms with Gasteiger partial charge in [-0.1, -0.05) is 16.9 Å². The van der Waals surface area contributed by atoms with Gasteiger partial charge < -0.3 is 4.52 Å². The highest BCUT2D eigenvalue weighted by Gasteiger charge is 2.21. The molecule has 3 aromatic heterocycles. The van der Waals surface area contributed by atoms with Crippen molar-refractivity contribution in [3.63, 3.8) is 0 Å². The molecule has 3 heterocycles. The van der Waals surface area contributed by atoms with E-state index in [0.717, 1.165) is 10.4 Å². The molecule has 7 nitrogen and oxygen atoms in total. The predicted molar refractivity (Wildman–Crippen MR) is 99.5 cm³/mol. The fraction of sp³-hybridized carbons (Fsp3) is 0.375. The van der Waals surface area contributed by atoms with Crippen LogP contribution in [0.5, 0.6) is 0 Å². The fourth-order valence-corrected chi connectivity index (χ4v) is 4.26. The number of carbonyl (C=O) groups is 1. The topological polar surface area (TPSA) is 90.0 Å². The summed E-state index contributed by atoms with van der Waals surface area (Å²) >= 11 is 2.73. The average Bonchev–Trinajstić information content (AvgIpc) is 3.08. The van der Waals surface area contributed by atoms with Gasteiger partial charge in [0, 0.05) is 18.0 Å². The molecule has 0 bridgehead atoms. The van der Waals surface area contributed by atoms with Gasteiger partial charge in [0.15, 0.2) is 5.16 Å². The van der Waals surface area contributed by atoms with Crippen LogP contribution in [-0.2, 0) is 11.8 Å². The van der Waals surface area contributed by atoms with Crippen LogP contribution >= 0.6 is 23.1 Å². The molecule has 0 saturated carbocycles. The molecule has 1 amide bonds. The Labute approximate surface area is 152 Å². The van der Waals surface area contributed by atoms with E-state index < -0.39 is 5.25 Å². The van der Waals surface area contributed by atoms with Crippen LogP contribution in [0.2, 0.25) is 0 Å². The van der Waals surface area contributed by atoms with E-state index >= 15 is 0 Å². The highest BCUT2D eigenvalue weighted by atomic mass is 32.2. The summed E-state index contributed by atoms with van der Waals surface area (Å²) in [5.74, 6) is 0.0609. The Balaban J connectivity index is 1.85. The van der Waals surface area contributed by atoms with Crippen molar-refractivity contribution in [2.24, 2.45) is 7.05 Å². The summed E-state index contributed by atoms with van der Waals surface area (Å²) in [6.45, 7) is 7.44. The zero-order valence-corrected chi connectivity index (χ0v) is 16.2. The Bertz CT molecular complexity index is 1020. The molecule has 3 aromatic rings. The maximum absolute atomic E-state index is 12.6. The third-order valence-corrected chi connectivity index (χ3v) is 6.14. The van der Waals surface area contributed by atoms with Gasteiger partial charge in [-0.05, 0) is 33.3 Å². The number of thiophene rings is 1. The number of nitrogens with zero attached hydrogens (tertiary/aromatic N) is 3. The van der Waals surface area contributed by atoms with Gasteiger partial charge in [0.2, 0.25) is 11.8 Å². The minimum atomic E-state index is -0.455. The zero-order valence-electron chi connectivity index (χ0n) is 14.5. The minimum Gasteiger partial charge on any atom is -0.338 e. The van der Waals surface area contributed by atoms with Gasteiger partial charge in [-0.15, -0.1) is 11.3 Å². The van der Waals surface area contributed by atoms with E-state index in [4.69, 9.17) is 4.52 Å². The number of hydrogen-bond donors (Lipinski definition) is 1. The smallest absolute Gasteiger partial charge is 0.262 e. The van der Waals surface area contributed by atoms with E-state index in [1.54, 1.807) is 27.0 Å². The molecule has 25 heavy (non-hydrogen) atoms. The standard InChI is InChI=1S/C16H18N4O3S2/c1-7-6-11(23-19-7)17-13(21)10(4)25-16-18-14-12(15(22)20(16)5)8(2)9(3)24-14/h6,10H,1-5H3,(H,17,21). The number of hydrogen-bond acceptors (Lipinski definition) is 7. The van der Waals surface area contributed by atoms with Gasteiger partial charge >= 0.3 is 0 Å². The van der Waals surface area contributed by atoms with E-state index in [1.807, 2.05) is 13.8 Å². The number of aryl methyl sites for hydroxylation is 3.